The van der Waals surface area contributed by atoms with Crippen LogP contribution in [0.3, 0.4) is 0 Å². The number of rotatable bonds is 5. The number of hydrogen-bond acceptors (Lipinski definition) is 2. The number of benzene rings is 1. The van der Waals surface area contributed by atoms with Crippen molar-refractivity contribution >= 4 is 17.6 Å². The van der Waals surface area contributed by atoms with Gasteiger partial charge < -0.3 is 15.7 Å². The molecule has 6 heteroatoms. The minimum atomic E-state index is -0.333. The van der Waals surface area contributed by atoms with Crippen molar-refractivity contribution in [2.45, 2.75) is 37.8 Å². The highest BCUT2D eigenvalue weighted by molar-refractivity contribution is 6.31. The lowest BCUT2D eigenvalue weighted by Gasteiger charge is -2.13. The van der Waals surface area contributed by atoms with Crippen molar-refractivity contribution in [2.24, 2.45) is 0 Å². The highest BCUT2D eigenvalue weighted by Gasteiger charge is 2.42. The van der Waals surface area contributed by atoms with Gasteiger partial charge in [0.25, 0.3) is 0 Å². The van der Waals surface area contributed by atoms with E-state index < -0.39 is 0 Å². The molecule has 0 radical (unpaired) electrons. The molecule has 0 heterocycles. The Labute approximate surface area is 122 Å². The lowest BCUT2D eigenvalue weighted by molar-refractivity contribution is 0.230. The maximum atomic E-state index is 13.7. The minimum Gasteiger partial charge on any atom is -0.396 e. The van der Waals surface area contributed by atoms with Gasteiger partial charge in [0, 0.05) is 35.2 Å². The quantitative estimate of drug-likeness (QED) is 0.782. The third kappa shape index (κ3) is 3.61. The van der Waals surface area contributed by atoms with Crippen LogP contribution in [0.25, 0.3) is 0 Å². The van der Waals surface area contributed by atoms with Gasteiger partial charge in [0.15, 0.2) is 0 Å². The fourth-order valence-corrected chi connectivity index (χ4v) is 2.54. The molecule has 4 nitrogen and oxygen atoms in total. The third-order valence-corrected chi connectivity index (χ3v) is 3.75. The van der Waals surface area contributed by atoms with Crippen LogP contribution in [0.4, 0.5) is 9.18 Å². The molecule has 0 aromatic heterocycles. The number of nitrogens with one attached hydrogen (secondary N) is 2. The van der Waals surface area contributed by atoms with Crippen molar-refractivity contribution in [3.8, 4) is 0 Å². The van der Waals surface area contributed by atoms with Gasteiger partial charge in [-0.15, -0.1) is 0 Å². The zero-order valence-corrected chi connectivity index (χ0v) is 12.0. The van der Waals surface area contributed by atoms with E-state index >= 15 is 0 Å². The number of urea groups is 1. The van der Waals surface area contributed by atoms with Crippen molar-refractivity contribution in [1.29, 1.82) is 0 Å². The van der Waals surface area contributed by atoms with Crippen molar-refractivity contribution < 1.29 is 14.3 Å². The summed E-state index contributed by atoms with van der Waals surface area (Å²) in [5.41, 5.74) is 0.475. The standard InChI is InChI=1S/C14H18ClFN2O2/c1-8(5-6-19)17-14(20)18-12-7-9(12)13-10(15)3-2-4-11(13)16/h2-4,8-9,12,19H,5-7H2,1H3,(H2,17,18,20)/t8-,9?,12?/m1/s1. The van der Waals surface area contributed by atoms with Crippen molar-refractivity contribution in [2.75, 3.05) is 6.61 Å². The van der Waals surface area contributed by atoms with E-state index in [0.717, 1.165) is 0 Å². The molecule has 2 rings (SSSR count). The van der Waals surface area contributed by atoms with E-state index in [0.29, 0.717) is 23.4 Å². The van der Waals surface area contributed by atoms with Crippen LogP contribution in [0, 0.1) is 5.82 Å². The van der Waals surface area contributed by atoms with Crippen LogP contribution in [0.5, 0.6) is 0 Å². The average Bonchev–Trinajstić information content (AvgIpc) is 3.07. The molecule has 2 amide bonds. The monoisotopic (exact) mass is 300 g/mol. The van der Waals surface area contributed by atoms with Crippen LogP contribution < -0.4 is 10.6 Å². The largest absolute Gasteiger partial charge is 0.396 e. The Morgan fingerprint density at radius 1 is 1.60 bits per heavy atom. The fraction of sp³-hybridized carbons (Fsp3) is 0.500. The summed E-state index contributed by atoms with van der Waals surface area (Å²) in [6.07, 6.45) is 1.18. The average molecular weight is 301 g/mol. The molecule has 110 valence electrons. The van der Waals surface area contributed by atoms with Crippen LogP contribution in [-0.4, -0.2) is 29.8 Å². The number of carbonyl (C=O) groups is 1. The first-order valence-corrected chi connectivity index (χ1v) is 7.02. The maximum absolute atomic E-state index is 13.7. The predicted molar refractivity (Wildman–Crippen MR) is 75.4 cm³/mol. The molecule has 0 bridgehead atoms. The lowest BCUT2D eigenvalue weighted by Crippen LogP contribution is -2.42. The summed E-state index contributed by atoms with van der Waals surface area (Å²) < 4.78 is 13.7. The zero-order chi connectivity index (χ0) is 14.7. The Hall–Kier alpha value is -1.33. The molecule has 0 saturated heterocycles. The van der Waals surface area contributed by atoms with Crippen LogP contribution in [0.15, 0.2) is 18.2 Å². The first kappa shape index (κ1) is 15.1. The van der Waals surface area contributed by atoms with E-state index in [-0.39, 0.29) is 36.5 Å². The number of halogens is 2. The molecule has 0 aliphatic heterocycles. The second-order valence-corrected chi connectivity index (χ2v) is 5.52. The number of aliphatic hydroxyl groups excluding tert-OH is 1. The van der Waals surface area contributed by atoms with Gasteiger partial charge in [0.2, 0.25) is 0 Å². The zero-order valence-electron chi connectivity index (χ0n) is 11.2. The van der Waals surface area contributed by atoms with Crippen LogP contribution >= 0.6 is 11.6 Å². The van der Waals surface area contributed by atoms with E-state index in [1.54, 1.807) is 12.1 Å². The van der Waals surface area contributed by atoms with E-state index in [1.165, 1.54) is 6.07 Å². The maximum Gasteiger partial charge on any atom is 0.315 e. The molecule has 1 fully saturated rings. The van der Waals surface area contributed by atoms with Crippen molar-refractivity contribution in [1.82, 2.24) is 10.6 Å². The molecule has 3 N–H and O–H groups in total. The molecule has 1 aliphatic carbocycles. The molecule has 1 aromatic carbocycles. The van der Waals surface area contributed by atoms with Gasteiger partial charge in [-0.2, -0.15) is 0 Å². The summed E-state index contributed by atoms with van der Waals surface area (Å²) in [5.74, 6) is -0.400. The molecule has 3 atom stereocenters. The SMILES string of the molecule is C[C@H](CCO)NC(=O)NC1CC1c1c(F)cccc1Cl. The second kappa shape index (κ2) is 6.41. The molecular weight excluding hydrogens is 283 g/mol. The molecule has 20 heavy (non-hydrogen) atoms. The van der Waals surface area contributed by atoms with E-state index in [9.17, 15) is 9.18 Å². The molecule has 1 saturated carbocycles. The summed E-state index contributed by atoms with van der Waals surface area (Å²) in [4.78, 5) is 11.7. The van der Waals surface area contributed by atoms with E-state index in [1.807, 2.05) is 6.92 Å². The van der Waals surface area contributed by atoms with E-state index in [4.69, 9.17) is 16.7 Å². The Morgan fingerprint density at radius 2 is 2.35 bits per heavy atom. The van der Waals surface area contributed by atoms with Gasteiger partial charge >= 0.3 is 6.03 Å². The summed E-state index contributed by atoms with van der Waals surface area (Å²) in [6, 6.07) is 4.10. The van der Waals surface area contributed by atoms with Crippen LogP contribution in [0.1, 0.15) is 31.2 Å². The molecule has 1 aromatic rings. The van der Waals surface area contributed by atoms with Gasteiger partial charge in [-0.05, 0) is 31.9 Å². The van der Waals surface area contributed by atoms with Crippen LogP contribution in [0.2, 0.25) is 5.02 Å². The van der Waals surface area contributed by atoms with Gasteiger partial charge in [-0.25, -0.2) is 9.18 Å². The third-order valence-electron chi connectivity index (χ3n) is 3.42. The lowest BCUT2D eigenvalue weighted by atomic mass is 10.1. The van der Waals surface area contributed by atoms with Crippen LogP contribution in [-0.2, 0) is 0 Å². The highest BCUT2D eigenvalue weighted by Crippen LogP contribution is 2.44. The summed E-state index contributed by atoms with van der Waals surface area (Å²) in [6.45, 7) is 1.84. The molecular formula is C14H18ClFN2O2. The predicted octanol–water partition coefficient (Wildman–Crippen LogP) is 2.41. The van der Waals surface area contributed by atoms with Crippen molar-refractivity contribution in [3.05, 3.63) is 34.6 Å². The smallest absolute Gasteiger partial charge is 0.315 e. The second-order valence-electron chi connectivity index (χ2n) is 5.12. The number of carbonyl (C=O) groups excluding carboxylic acids is 1. The molecule has 0 spiro atoms. The van der Waals surface area contributed by atoms with Gasteiger partial charge in [-0.3, -0.25) is 0 Å². The normalized spacial score (nSPS) is 22.2. The Morgan fingerprint density at radius 3 is 3.00 bits per heavy atom. The topological polar surface area (TPSA) is 61.4 Å². The number of hydrogen-bond donors (Lipinski definition) is 3. The van der Waals surface area contributed by atoms with Gasteiger partial charge in [-0.1, -0.05) is 17.7 Å². The summed E-state index contributed by atoms with van der Waals surface area (Å²) in [5, 5.41) is 14.7. The summed E-state index contributed by atoms with van der Waals surface area (Å²) in [7, 11) is 0. The highest BCUT2D eigenvalue weighted by atomic mass is 35.5. The molecule has 1 aliphatic rings. The van der Waals surface area contributed by atoms with Gasteiger partial charge in [0.1, 0.15) is 5.82 Å². The van der Waals surface area contributed by atoms with Crippen molar-refractivity contribution in [3.63, 3.8) is 0 Å². The fourth-order valence-electron chi connectivity index (χ4n) is 2.24. The van der Waals surface area contributed by atoms with Gasteiger partial charge in [0.05, 0.1) is 0 Å². The first-order chi connectivity index (χ1) is 9.52. The number of aliphatic hydroxyl groups is 1. The Balaban J connectivity index is 1.88. The Kier molecular flexibility index (Phi) is 4.83. The molecule has 2 unspecified atom stereocenters. The van der Waals surface area contributed by atoms with E-state index in [2.05, 4.69) is 10.6 Å². The first-order valence-electron chi connectivity index (χ1n) is 6.64. The number of amides is 2. The summed E-state index contributed by atoms with van der Waals surface area (Å²) >= 11 is 6.00. The Bertz CT molecular complexity index is 478. The minimum absolute atomic E-state index is 0.0261.